The van der Waals surface area contributed by atoms with Gasteiger partial charge in [-0.05, 0) is 93.3 Å². The third kappa shape index (κ3) is 5.58. The van der Waals surface area contributed by atoms with E-state index in [1.54, 1.807) is 0 Å². The smallest absolute Gasteiger partial charge is 0.374 e. The summed E-state index contributed by atoms with van der Waals surface area (Å²) < 4.78 is 161. The second kappa shape index (κ2) is 10.4. The van der Waals surface area contributed by atoms with Crippen LogP contribution in [0.2, 0.25) is 0 Å². The Balaban J connectivity index is 0.000000220. The van der Waals surface area contributed by atoms with Crippen molar-refractivity contribution in [3.05, 3.63) is 0 Å². The molecule has 10 unspecified atom stereocenters. The molecule has 10 atom stereocenters. The van der Waals surface area contributed by atoms with Crippen molar-refractivity contribution in [1.29, 1.82) is 0 Å². The van der Waals surface area contributed by atoms with Crippen LogP contribution < -0.4 is 0 Å². The highest BCUT2D eigenvalue weighted by molar-refractivity contribution is 5.03. The molecule has 2 saturated heterocycles. The fourth-order valence-electron chi connectivity index (χ4n) is 7.69. The third-order valence-corrected chi connectivity index (χ3v) is 11.1. The molecule has 0 radical (unpaired) electrons. The molecule has 2 heterocycles. The predicted octanol–water partition coefficient (Wildman–Crippen LogP) is 10.0. The second-order valence-electron chi connectivity index (χ2n) is 13.3. The number of hydrogen-bond donors (Lipinski definition) is 0. The van der Waals surface area contributed by atoms with Crippen molar-refractivity contribution in [2.45, 2.75) is 111 Å². The second-order valence-corrected chi connectivity index (χ2v) is 13.3. The largest absolute Gasteiger partial charge is 0.402 e. The molecule has 2 aliphatic carbocycles. The van der Waals surface area contributed by atoms with E-state index >= 15 is 0 Å². The Morgan fingerprint density at radius 3 is 1.27 bits per heavy atom. The van der Waals surface area contributed by atoms with Crippen LogP contribution in [0.4, 0.5) is 52.7 Å². The minimum Gasteiger partial charge on any atom is -0.374 e. The Bertz CT molecular complexity index is 784. The summed E-state index contributed by atoms with van der Waals surface area (Å²) in [4.78, 5) is 0. The van der Waals surface area contributed by atoms with Crippen molar-refractivity contribution in [3.8, 4) is 0 Å². The maximum atomic E-state index is 12.9. The molecule has 4 aliphatic rings. The van der Waals surface area contributed by atoms with E-state index in [1.165, 1.54) is 0 Å². The van der Waals surface area contributed by atoms with Crippen LogP contribution in [0, 0.1) is 58.2 Å². The first-order valence-electron chi connectivity index (χ1n) is 13.7. The quantitative estimate of drug-likeness (QED) is 0.290. The van der Waals surface area contributed by atoms with Gasteiger partial charge in [-0.25, -0.2) is 0 Å². The monoisotopic (exact) mass is 606 g/mol. The Kier molecular flexibility index (Phi) is 8.73. The SMILES string of the molecule is CC1C2CC(CC(C)(C(F)(F)F)C(F)(F)F)C(C2)C1C.CC1C2CC(CC(C)(C(F)(F)F)C(F)(F)F)C(O2)C1C. The standard InChI is InChI=1S/C14H20F6.C13H18F6O/c1-7-8(2)11-5-9(7)4-10(11)6-12(3,13(15,16)17)14(18,19)20;1-6-7(2)10-8(4-9(6)20-10)5-11(3,12(14,15)16)13(17,18)19/h7-11H,4-6H2,1-3H3;6-10H,4-5H2,1-3H3. The molecule has 1 nitrogen and oxygen atoms in total. The highest BCUT2D eigenvalue weighted by atomic mass is 19.4. The first-order chi connectivity index (χ1) is 17.8. The number of rotatable bonds is 4. The third-order valence-electron chi connectivity index (χ3n) is 11.1. The first-order valence-corrected chi connectivity index (χ1v) is 13.7. The van der Waals surface area contributed by atoms with Crippen LogP contribution in [-0.2, 0) is 4.74 Å². The van der Waals surface area contributed by atoms with Gasteiger partial charge in [-0.3, -0.25) is 0 Å². The van der Waals surface area contributed by atoms with Crippen molar-refractivity contribution < 1.29 is 57.4 Å². The van der Waals surface area contributed by atoms with E-state index in [2.05, 4.69) is 6.92 Å². The number of alkyl halides is 12. The Hall–Kier alpha value is -0.880. The zero-order valence-electron chi connectivity index (χ0n) is 23.3. The highest BCUT2D eigenvalue weighted by Crippen LogP contribution is 2.62. The van der Waals surface area contributed by atoms with Crippen molar-refractivity contribution in [2.75, 3.05) is 0 Å². The van der Waals surface area contributed by atoms with Crippen molar-refractivity contribution in [3.63, 3.8) is 0 Å². The topological polar surface area (TPSA) is 9.23 Å². The van der Waals surface area contributed by atoms with Gasteiger partial charge in [-0.15, -0.1) is 0 Å². The van der Waals surface area contributed by atoms with Gasteiger partial charge >= 0.3 is 24.7 Å². The minimum absolute atomic E-state index is 0.00414. The van der Waals surface area contributed by atoms with Gasteiger partial charge in [-0.2, -0.15) is 52.7 Å². The first kappa shape index (κ1) is 33.6. The molecule has 0 aromatic carbocycles. The van der Waals surface area contributed by atoms with Crippen LogP contribution in [0.15, 0.2) is 0 Å². The van der Waals surface area contributed by atoms with E-state index in [1.807, 2.05) is 20.8 Å². The van der Waals surface area contributed by atoms with Gasteiger partial charge in [0, 0.05) is 0 Å². The van der Waals surface area contributed by atoms with Crippen LogP contribution in [0.5, 0.6) is 0 Å². The zero-order chi connectivity index (χ0) is 31.0. The van der Waals surface area contributed by atoms with Crippen molar-refractivity contribution in [1.82, 2.24) is 0 Å². The van der Waals surface area contributed by atoms with Gasteiger partial charge in [0.1, 0.15) is 0 Å². The molecule has 2 saturated carbocycles. The molecule has 0 amide bonds. The molecule has 13 heteroatoms. The summed E-state index contributed by atoms with van der Waals surface area (Å²) in [7, 11) is 0. The fourth-order valence-corrected chi connectivity index (χ4v) is 7.69. The van der Waals surface area contributed by atoms with Gasteiger partial charge < -0.3 is 4.74 Å². The molecular weight excluding hydrogens is 568 g/mol. The number of fused-ring (bicyclic) bond motifs is 4. The summed E-state index contributed by atoms with van der Waals surface area (Å²) in [6.07, 6.45) is -22.0. The Morgan fingerprint density at radius 2 is 0.950 bits per heavy atom. The summed E-state index contributed by atoms with van der Waals surface area (Å²) in [5.74, 6) is 0.0103. The highest BCUT2D eigenvalue weighted by Gasteiger charge is 2.70. The van der Waals surface area contributed by atoms with Gasteiger partial charge in [0.15, 0.2) is 10.8 Å². The van der Waals surface area contributed by atoms with E-state index in [9.17, 15) is 52.7 Å². The molecule has 0 aromatic heterocycles. The van der Waals surface area contributed by atoms with E-state index in [-0.39, 0.29) is 43.1 Å². The molecule has 0 aromatic rings. The van der Waals surface area contributed by atoms with E-state index in [0.717, 1.165) is 6.42 Å². The van der Waals surface area contributed by atoms with Crippen LogP contribution in [0.1, 0.15) is 73.6 Å². The van der Waals surface area contributed by atoms with Crippen LogP contribution in [0.25, 0.3) is 0 Å². The number of hydrogen-bond acceptors (Lipinski definition) is 1. The summed E-state index contributed by atoms with van der Waals surface area (Å²) >= 11 is 0. The molecule has 4 bridgehead atoms. The lowest BCUT2D eigenvalue weighted by molar-refractivity contribution is -0.341. The zero-order valence-corrected chi connectivity index (χ0v) is 23.3. The molecule has 2 aliphatic heterocycles. The van der Waals surface area contributed by atoms with E-state index in [0.29, 0.717) is 25.2 Å². The maximum absolute atomic E-state index is 12.9. The summed E-state index contributed by atoms with van der Waals surface area (Å²) in [5.41, 5.74) is -7.25. The van der Waals surface area contributed by atoms with Crippen molar-refractivity contribution >= 4 is 0 Å². The van der Waals surface area contributed by atoms with E-state index < -0.39 is 66.3 Å². The number of halogens is 12. The molecule has 4 rings (SSSR count). The number of ether oxygens (including phenoxy) is 1. The van der Waals surface area contributed by atoms with Crippen LogP contribution >= 0.6 is 0 Å². The lowest BCUT2D eigenvalue weighted by Crippen LogP contribution is -2.50. The van der Waals surface area contributed by atoms with Crippen LogP contribution in [-0.4, -0.2) is 36.9 Å². The summed E-state index contributed by atoms with van der Waals surface area (Å²) in [5, 5.41) is 0. The molecule has 40 heavy (non-hydrogen) atoms. The molecule has 236 valence electrons. The Labute approximate surface area is 226 Å². The van der Waals surface area contributed by atoms with E-state index in [4.69, 9.17) is 4.74 Å². The van der Waals surface area contributed by atoms with Gasteiger partial charge in [0.25, 0.3) is 0 Å². The summed E-state index contributed by atoms with van der Waals surface area (Å²) in [6, 6.07) is 0. The minimum atomic E-state index is -5.30. The Morgan fingerprint density at radius 1 is 0.525 bits per heavy atom. The lowest BCUT2D eigenvalue weighted by atomic mass is 9.69. The summed E-state index contributed by atoms with van der Waals surface area (Å²) in [6.45, 7) is 8.34. The predicted molar refractivity (Wildman–Crippen MR) is 123 cm³/mol. The normalized spacial score (nSPS) is 38.5. The average Bonchev–Trinajstić information content (AvgIpc) is 3.49. The molecule has 0 N–H and O–H groups in total. The van der Waals surface area contributed by atoms with Gasteiger partial charge in [0.05, 0.1) is 12.2 Å². The van der Waals surface area contributed by atoms with Crippen LogP contribution in [0.3, 0.4) is 0 Å². The van der Waals surface area contributed by atoms with Gasteiger partial charge in [-0.1, -0.05) is 27.7 Å². The fraction of sp³-hybridized carbons (Fsp3) is 1.00. The molecule has 0 spiro atoms. The van der Waals surface area contributed by atoms with Gasteiger partial charge in [0.2, 0.25) is 0 Å². The van der Waals surface area contributed by atoms with Crippen molar-refractivity contribution in [2.24, 2.45) is 58.2 Å². The lowest BCUT2D eigenvalue weighted by Gasteiger charge is -2.40. The molecular formula is C27H38F12O. The maximum Gasteiger partial charge on any atom is 0.402 e. The average molecular weight is 607 g/mol. The molecule has 4 fully saturated rings.